The Kier molecular flexibility index (Phi) is 6.00. The lowest BCUT2D eigenvalue weighted by molar-refractivity contribution is 0.163. The highest BCUT2D eigenvalue weighted by Gasteiger charge is 2.21. The molecule has 1 aliphatic carbocycles. The first-order valence-corrected chi connectivity index (χ1v) is 7.92. The molecule has 2 rings (SSSR count). The second-order valence-electron chi connectivity index (χ2n) is 5.25. The van der Waals surface area contributed by atoms with Crippen LogP contribution in [0.4, 0.5) is 4.79 Å². The average Bonchev–Trinajstić information content (AvgIpc) is 2.49. The van der Waals surface area contributed by atoms with E-state index in [4.69, 9.17) is 27.9 Å². The molecule has 1 aromatic rings. The Balaban J connectivity index is 1.78. The van der Waals surface area contributed by atoms with E-state index in [1.165, 1.54) is 19.3 Å². The highest BCUT2D eigenvalue weighted by atomic mass is 35.5. The minimum Gasteiger partial charge on any atom is -0.472 e. The zero-order valence-corrected chi connectivity index (χ0v) is 13.6. The van der Waals surface area contributed by atoms with Gasteiger partial charge >= 0.3 is 6.03 Å². The van der Waals surface area contributed by atoms with Crippen LogP contribution in [-0.4, -0.2) is 30.8 Å². The molecule has 0 aromatic heterocycles. The van der Waals surface area contributed by atoms with Gasteiger partial charge in [-0.1, -0.05) is 42.5 Å². The Labute approximate surface area is 135 Å². The normalized spacial score (nSPS) is 15.6. The van der Waals surface area contributed by atoms with E-state index in [-0.39, 0.29) is 12.8 Å². The molecule has 0 aliphatic heterocycles. The van der Waals surface area contributed by atoms with Crippen LogP contribution >= 0.6 is 23.2 Å². The lowest BCUT2D eigenvalue weighted by atomic mass is 9.95. The number of hydrogen-bond donors (Lipinski definition) is 1. The lowest BCUT2D eigenvalue weighted by Gasteiger charge is -2.31. The minimum absolute atomic E-state index is 0.0806. The van der Waals surface area contributed by atoms with Crippen molar-refractivity contribution < 1.29 is 9.53 Å². The van der Waals surface area contributed by atoms with Crippen LogP contribution in [0.2, 0.25) is 10.0 Å². The van der Waals surface area contributed by atoms with Gasteiger partial charge in [0.1, 0.15) is 5.75 Å². The smallest absolute Gasteiger partial charge is 0.319 e. The highest BCUT2D eigenvalue weighted by Crippen LogP contribution is 2.27. The van der Waals surface area contributed by atoms with E-state index in [1.807, 2.05) is 7.05 Å². The molecule has 1 N–H and O–H groups in total. The van der Waals surface area contributed by atoms with E-state index >= 15 is 0 Å². The fourth-order valence-corrected chi connectivity index (χ4v) is 2.99. The summed E-state index contributed by atoms with van der Waals surface area (Å²) in [6, 6.07) is 5.19. The topological polar surface area (TPSA) is 41.6 Å². The van der Waals surface area contributed by atoms with Crippen LogP contribution < -0.4 is 10.1 Å². The first-order chi connectivity index (χ1) is 10.1. The van der Waals surface area contributed by atoms with Crippen LogP contribution in [0.15, 0.2) is 18.2 Å². The van der Waals surface area contributed by atoms with Gasteiger partial charge in [-0.15, -0.1) is 0 Å². The number of hydrogen-bond acceptors (Lipinski definition) is 2. The minimum atomic E-state index is -0.119. The number of halogens is 2. The van der Waals surface area contributed by atoms with Gasteiger partial charge in [-0.05, 0) is 31.0 Å². The summed E-state index contributed by atoms with van der Waals surface area (Å²) in [5.74, 6) is 0.502. The predicted octanol–water partition coefficient (Wildman–Crippen LogP) is 4.30. The third kappa shape index (κ3) is 4.68. The van der Waals surface area contributed by atoms with Gasteiger partial charge in [-0.3, -0.25) is 0 Å². The average molecular weight is 331 g/mol. The van der Waals surface area contributed by atoms with Gasteiger partial charge in [0, 0.05) is 18.1 Å². The van der Waals surface area contributed by atoms with Crippen LogP contribution in [0, 0.1) is 0 Å². The molecule has 0 spiro atoms. The number of benzene rings is 1. The van der Waals surface area contributed by atoms with Gasteiger partial charge in [0.05, 0.1) is 5.02 Å². The van der Waals surface area contributed by atoms with Crippen molar-refractivity contribution in [3.05, 3.63) is 28.2 Å². The van der Waals surface area contributed by atoms with Gasteiger partial charge in [0.15, 0.2) is 6.73 Å². The van der Waals surface area contributed by atoms with E-state index in [1.54, 1.807) is 23.1 Å². The number of nitrogens with one attached hydrogen (secondary N) is 1. The van der Waals surface area contributed by atoms with Crippen LogP contribution in [0.1, 0.15) is 32.1 Å². The Bertz CT molecular complexity index is 491. The van der Waals surface area contributed by atoms with Gasteiger partial charge in [0.25, 0.3) is 0 Å². The SMILES string of the molecule is CN(C(=O)NCOc1ccc(Cl)cc1Cl)C1CCCCC1. The molecule has 2 amide bonds. The number of rotatable bonds is 4. The molecule has 1 fully saturated rings. The molecule has 6 heteroatoms. The van der Waals surface area contributed by atoms with Crippen LogP contribution in [0.25, 0.3) is 0 Å². The fourth-order valence-electron chi connectivity index (χ4n) is 2.53. The molecule has 21 heavy (non-hydrogen) atoms. The molecule has 0 bridgehead atoms. The molecule has 4 nitrogen and oxygen atoms in total. The predicted molar refractivity (Wildman–Crippen MR) is 85.1 cm³/mol. The largest absolute Gasteiger partial charge is 0.472 e. The molecule has 0 atom stereocenters. The first-order valence-electron chi connectivity index (χ1n) is 7.16. The van der Waals surface area contributed by atoms with Crippen molar-refractivity contribution in [2.24, 2.45) is 0 Å². The van der Waals surface area contributed by atoms with Crippen LogP contribution in [0.3, 0.4) is 0 Å². The van der Waals surface area contributed by atoms with E-state index in [2.05, 4.69) is 5.32 Å². The van der Waals surface area contributed by atoms with Crippen molar-refractivity contribution in [3.8, 4) is 5.75 Å². The summed E-state index contributed by atoms with van der Waals surface area (Å²) in [6.45, 7) is 0.0806. The Morgan fingerprint density at radius 2 is 2.05 bits per heavy atom. The molecule has 116 valence electrons. The molecule has 0 radical (unpaired) electrons. The van der Waals surface area contributed by atoms with Crippen LogP contribution in [-0.2, 0) is 0 Å². The summed E-state index contributed by atoms with van der Waals surface area (Å²) in [5, 5.41) is 3.72. The summed E-state index contributed by atoms with van der Waals surface area (Å²) < 4.78 is 5.45. The molecule has 1 saturated carbocycles. The first kappa shape index (κ1) is 16.2. The molecule has 0 saturated heterocycles. The van der Waals surface area contributed by atoms with E-state index in [9.17, 15) is 4.79 Å². The monoisotopic (exact) mass is 330 g/mol. The summed E-state index contributed by atoms with van der Waals surface area (Å²) in [4.78, 5) is 13.8. The Morgan fingerprint density at radius 3 is 2.71 bits per heavy atom. The summed E-state index contributed by atoms with van der Waals surface area (Å²) in [7, 11) is 1.83. The number of amides is 2. The summed E-state index contributed by atoms with van der Waals surface area (Å²) in [6.07, 6.45) is 5.81. The quantitative estimate of drug-likeness (QED) is 0.836. The van der Waals surface area contributed by atoms with Gasteiger partial charge in [-0.25, -0.2) is 4.79 Å². The van der Waals surface area contributed by atoms with Crippen molar-refractivity contribution in [1.29, 1.82) is 0 Å². The number of urea groups is 1. The maximum absolute atomic E-state index is 12.1. The van der Waals surface area contributed by atoms with Crippen LogP contribution in [0.5, 0.6) is 5.75 Å². The molecule has 1 aromatic carbocycles. The van der Waals surface area contributed by atoms with E-state index in [0.29, 0.717) is 21.8 Å². The second kappa shape index (κ2) is 7.76. The summed E-state index contributed by atoms with van der Waals surface area (Å²) in [5.41, 5.74) is 0. The standard InChI is InChI=1S/C15H20Cl2N2O2/c1-19(12-5-3-2-4-6-12)15(20)18-10-21-14-8-7-11(16)9-13(14)17/h7-9,12H,2-6,10H2,1H3,(H,18,20). The zero-order valence-electron chi connectivity index (χ0n) is 12.1. The van der Waals surface area contributed by atoms with Gasteiger partial charge < -0.3 is 15.0 Å². The number of carbonyl (C=O) groups is 1. The van der Waals surface area contributed by atoms with Gasteiger partial charge in [0.2, 0.25) is 0 Å². The number of carbonyl (C=O) groups excluding carboxylic acids is 1. The summed E-state index contributed by atoms with van der Waals surface area (Å²) >= 11 is 11.8. The number of ether oxygens (including phenoxy) is 1. The molecule has 1 aliphatic rings. The molecule has 0 unspecified atom stereocenters. The lowest BCUT2D eigenvalue weighted by Crippen LogP contribution is -2.45. The van der Waals surface area contributed by atoms with Crippen molar-refractivity contribution in [2.75, 3.05) is 13.8 Å². The van der Waals surface area contributed by atoms with E-state index < -0.39 is 0 Å². The maximum atomic E-state index is 12.1. The second-order valence-corrected chi connectivity index (χ2v) is 6.09. The van der Waals surface area contributed by atoms with Crippen molar-refractivity contribution in [1.82, 2.24) is 10.2 Å². The molecular weight excluding hydrogens is 311 g/mol. The third-order valence-electron chi connectivity index (χ3n) is 3.79. The Hall–Kier alpha value is -1.13. The third-order valence-corrected chi connectivity index (χ3v) is 4.32. The fraction of sp³-hybridized carbons (Fsp3) is 0.533. The van der Waals surface area contributed by atoms with Gasteiger partial charge in [-0.2, -0.15) is 0 Å². The van der Waals surface area contributed by atoms with Crippen molar-refractivity contribution >= 4 is 29.2 Å². The van der Waals surface area contributed by atoms with Crippen molar-refractivity contribution in [3.63, 3.8) is 0 Å². The zero-order chi connectivity index (χ0) is 15.2. The highest BCUT2D eigenvalue weighted by molar-refractivity contribution is 6.35. The molecule has 0 heterocycles. The van der Waals surface area contributed by atoms with Crippen molar-refractivity contribution in [2.45, 2.75) is 38.1 Å². The Morgan fingerprint density at radius 1 is 1.33 bits per heavy atom. The van der Waals surface area contributed by atoms with E-state index in [0.717, 1.165) is 12.8 Å². The number of nitrogens with zero attached hydrogens (tertiary/aromatic N) is 1. The molecular formula is C15H20Cl2N2O2. The maximum Gasteiger partial charge on any atom is 0.319 e.